The monoisotopic (exact) mass is 280 g/mol. The van der Waals surface area contributed by atoms with Crippen molar-refractivity contribution in [1.82, 2.24) is 4.98 Å². The molecule has 0 radical (unpaired) electrons. The number of benzene rings is 1. The van der Waals surface area contributed by atoms with Gasteiger partial charge in [0.25, 0.3) is 5.91 Å². The molecule has 1 aliphatic heterocycles. The Balaban J connectivity index is 2.00. The molecule has 1 aromatic carbocycles. The van der Waals surface area contributed by atoms with E-state index in [1.807, 2.05) is 32.0 Å². The number of allylic oxidation sites excluding steroid dienone is 1. The molecule has 1 aromatic heterocycles. The van der Waals surface area contributed by atoms with Gasteiger partial charge in [-0.1, -0.05) is 6.07 Å². The number of carbonyl (C=O) groups is 1. The number of nitrogens with zero attached hydrogens (tertiary/aromatic N) is 1. The van der Waals surface area contributed by atoms with E-state index in [-0.39, 0.29) is 5.91 Å². The molecule has 2 aromatic rings. The lowest BCUT2D eigenvalue weighted by molar-refractivity contribution is -0.110. The number of rotatable bonds is 2. The first kappa shape index (κ1) is 13.2. The minimum absolute atomic E-state index is 0.132. The van der Waals surface area contributed by atoms with Gasteiger partial charge in [0.05, 0.1) is 5.57 Å². The topological polar surface area (TPSA) is 80.0 Å². The molecular weight excluding hydrogens is 264 g/mol. The van der Waals surface area contributed by atoms with Crippen molar-refractivity contribution in [2.24, 2.45) is 0 Å². The molecule has 5 heteroatoms. The molecule has 0 saturated heterocycles. The van der Waals surface area contributed by atoms with Crippen LogP contribution in [0.2, 0.25) is 0 Å². The zero-order valence-electron chi connectivity index (χ0n) is 11.9. The average molecular weight is 280 g/mol. The van der Waals surface area contributed by atoms with Gasteiger partial charge in [-0.15, -0.1) is 0 Å². The highest BCUT2D eigenvalue weighted by Crippen LogP contribution is 2.35. The summed E-state index contributed by atoms with van der Waals surface area (Å²) in [4.78, 5) is 16.4. The Morgan fingerprint density at radius 3 is 2.81 bits per heavy atom. The summed E-state index contributed by atoms with van der Waals surface area (Å²) < 4.78 is 0. The van der Waals surface area contributed by atoms with Crippen LogP contribution in [0.15, 0.2) is 42.2 Å². The summed E-state index contributed by atoms with van der Waals surface area (Å²) in [5.41, 5.74) is 10.5. The SMILES string of the molecule is CC(Nc1ccc(C)cn1)=C1C(=O)Nc2ccc(N)cc21. The highest BCUT2D eigenvalue weighted by molar-refractivity contribution is 6.32. The minimum Gasteiger partial charge on any atom is -0.399 e. The van der Waals surface area contributed by atoms with Crippen LogP contribution in [0.5, 0.6) is 0 Å². The van der Waals surface area contributed by atoms with Crippen LogP contribution < -0.4 is 16.4 Å². The summed E-state index contributed by atoms with van der Waals surface area (Å²) in [6.07, 6.45) is 1.78. The summed E-state index contributed by atoms with van der Waals surface area (Å²) in [5, 5.41) is 6.01. The fourth-order valence-electron chi connectivity index (χ4n) is 2.35. The maximum atomic E-state index is 12.2. The van der Waals surface area contributed by atoms with Crippen LogP contribution in [0.1, 0.15) is 18.1 Å². The van der Waals surface area contributed by atoms with Gasteiger partial charge in [-0.05, 0) is 43.7 Å². The number of aromatic nitrogens is 1. The van der Waals surface area contributed by atoms with Crippen molar-refractivity contribution in [3.05, 3.63) is 53.4 Å². The van der Waals surface area contributed by atoms with Crippen LogP contribution in [0.25, 0.3) is 5.57 Å². The quantitative estimate of drug-likeness (QED) is 0.583. The van der Waals surface area contributed by atoms with Gasteiger partial charge in [-0.3, -0.25) is 4.79 Å². The van der Waals surface area contributed by atoms with Gasteiger partial charge in [0, 0.05) is 28.8 Å². The molecule has 4 N–H and O–H groups in total. The number of nitrogens with two attached hydrogens (primary N) is 1. The van der Waals surface area contributed by atoms with Crippen LogP contribution in [-0.2, 0) is 4.79 Å². The highest BCUT2D eigenvalue weighted by atomic mass is 16.2. The number of nitrogens with one attached hydrogen (secondary N) is 2. The number of carbonyl (C=O) groups excluding carboxylic acids is 1. The van der Waals surface area contributed by atoms with E-state index in [0.29, 0.717) is 17.1 Å². The molecule has 1 aliphatic rings. The van der Waals surface area contributed by atoms with E-state index in [1.165, 1.54) is 0 Å². The Bertz CT molecular complexity index is 747. The fraction of sp³-hybridized carbons (Fsp3) is 0.125. The van der Waals surface area contributed by atoms with E-state index in [0.717, 1.165) is 22.5 Å². The van der Waals surface area contributed by atoms with Crippen molar-refractivity contribution in [2.75, 3.05) is 16.4 Å². The minimum atomic E-state index is -0.132. The lowest BCUT2D eigenvalue weighted by Crippen LogP contribution is -2.09. The van der Waals surface area contributed by atoms with Gasteiger partial charge in [-0.2, -0.15) is 0 Å². The maximum Gasteiger partial charge on any atom is 0.258 e. The van der Waals surface area contributed by atoms with Gasteiger partial charge < -0.3 is 16.4 Å². The number of hydrogen-bond donors (Lipinski definition) is 3. The van der Waals surface area contributed by atoms with Crippen LogP contribution >= 0.6 is 0 Å². The normalized spacial score (nSPS) is 15.4. The van der Waals surface area contributed by atoms with E-state index in [4.69, 9.17) is 5.73 Å². The Morgan fingerprint density at radius 2 is 2.10 bits per heavy atom. The first-order chi connectivity index (χ1) is 10.0. The van der Waals surface area contributed by atoms with Gasteiger partial charge in [0.2, 0.25) is 0 Å². The largest absolute Gasteiger partial charge is 0.399 e. The number of fused-ring (bicyclic) bond motifs is 1. The third-order valence-corrected chi connectivity index (χ3v) is 3.39. The Hall–Kier alpha value is -2.82. The number of nitrogen functional groups attached to an aromatic ring is 1. The molecule has 3 rings (SSSR count). The van der Waals surface area contributed by atoms with Crippen LogP contribution in [0.4, 0.5) is 17.2 Å². The molecule has 0 fully saturated rings. The predicted octanol–water partition coefficient (Wildman–Crippen LogP) is 2.77. The van der Waals surface area contributed by atoms with Crippen molar-refractivity contribution >= 4 is 28.7 Å². The second-order valence-corrected chi connectivity index (χ2v) is 5.10. The second-order valence-electron chi connectivity index (χ2n) is 5.10. The Labute approximate surface area is 122 Å². The molecule has 2 heterocycles. The first-order valence-electron chi connectivity index (χ1n) is 6.66. The van der Waals surface area contributed by atoms with Crippen molar-refractivity contribution < 1.29 is 4.79 Å². The highest BCUT2D eigenvalue weighted by Gasteiger charge is 2.26. The smallest absolute Gasteiger partial charge is 0.258 e. The van der Waals surface area contributed by atoms with Crippen LogP contribution in [0, 0.1) is 6.92 Å². The van der Waals surface area contributed by atoms with Crippen molar-refractivity contribution in [3.8, 4) is 0 Å². The third-order valence-electron chi connectivity index (χ3n) is 3.39. The molecular formula is C16H16N4O. The second kappa shape index (κ2) is 4.94. The van der Waals surface area contributed by atoms with E-state index < -0.39 is 0 Å². The van der Waals surface area contributed by atoms with Gasteiger partial charge in [0.15, 0.2) is 0 Å². The molecule has 5 nitrogen and oxygen atoms in total. The number of aryl methyl sites for hydroxylation is 1. The molecule has 0 atom stereocenters. The van der Waals surface area contributed by atoms with Crippen LogP contribution in [0.3, 0.4) is 0 Å². The molecule has 0 bridgehead atoms. The molecule has 0 aliphatic carbocycles. The van der Waals surface area contributed by atoms with Crippen molar-refractivity contribution in [1.29, 1.82) is 0 Å². The maximum absolute atomic E-state index is 12.2. The summed E-state index contributed by atoms with van der Waals surface area (Å²) in [6.45, 7) is 3.83. The van der Waals surface area contributed by atoms with Gasteiger partial charge in [0.1, 0.15) is 5.82 Å². The molecule has 21 heavy (non-hydrogen) atoms. The summed E-state index contributed by atoms with van der Waals surface area (Å²) in [7, 11) is 0. The van der Waals surface area contributed by atoms with Crippen molar-refractivity contribution in [2.45, 2.75) is 13.8 Å². The van der Waals surface area contributed by atoms with Gasteiger partial charge >= 0.3 is 0 Å². The zero-order chi connectivity index (χ0) is 15.0. The number of hydrogen-bond acceptors (Lipinski definition) is 4. The lowest BCUT2D eigenvalue weighted by atomic mass is 10.0. The zero-order valence-corrected chi connectivity index (χ0v) is 11.9. The molecule has 0 saturated carbocycles. The van der Waals surface area contributed by atoms with Crippen LogP contribution in [-0.4, -0.2) is 10.9 Å². The lowest BCUT2D eigenvalue weighted by Gasteiger charge is -2.09. The first-order valence-corrected chi connectivity index (χ1v) is 6.66. The van der Waals surface area contributed by atoms with Gasteiger partial charge in [-0.25, -0.2) is 4.98 Å². The number of pyridine rings is 1. The Kier molecular flexibility index (Phi) is 3.10. The summed E-state index contributed by atoms with van der Waals surface area (Å²) in [6, 6.07) is 9.23. The van der Waals surface area contributed by atoms with E-state index in [2.05, 4.69) is 15.6 Å². The third kappa shape index (κ3) is 2.45. The van der Waals surface area contributed by atoms with Crippen molar-refractivity contribution in [3.63, 3.8) is 0 Å². The number of anilines is 3. The average Bonchev–Trinajstić information content (AvgIpc) is 2.76. The molecule has 0 spiro atoms. The Morgan fingerprint density at radius 1 is 1.29 bits per heavy atom. The van der Waals surface area contributed by atoms with E-state index >= 15 is 0 Å². The standard InChI is InChI=1S/C16H16N4O/c1-9-3-6-14(18-8-9)19-10(2)15-12-7-11(17)4-5-13(12)20-16(15)21/h3-8H,17H2,1-2H3,(H,18,19)(H,20,21). The number of amides is 1. The predicted molar refractivity (Wildman–Crippen MR) is 84.7 cm³/mol. The van der Waals surface area contributed by atoms with E-state index in [1.54, 1.807) is 18.3 Å². The van der Waals surface area contributed by atoms with E-state index in [9.17, 15) is 4.79 Å². The fourth-order valence-corrected chi connectivity index (χ4v) is 2.35. The summed E-state index contributed by atoms with van der Waals surface area (Å²) >= 11 is 0. The molecule has 1 amide bonds. The molecule has 106 valence electrons. The summed E-state index contributed by atoms with van der Waals surface area (Å²) in [5.74, 6) is 0.573. The molecule has 0 unspecified atom stereocenters.